The van der Waals surface area contributed by atoms with Gasteiger partial charge in [-0.25, -0.2) is 0 Å². The molecule has 426 valence electrons. The van der Waals surface area contributed by atoms with Gasteiger partial charge in [0.25, 0.3) is 0 Å². The summed E-state index contributed by atoms with van der Waals surface area (Å²) < 4.78 is 16.8. The second kappa shape index (κ2) is 37.5. The molecule has 0 aliphatic heterocycles. The number of thioether (sulfide) groups is 1. The van der Waals surface area contributed by atoms with Crippen molar-refractivity contribution in [2.24, 2.45) is 17.6 Å². The lowest BCUT2D eigenvalue weighted by Gasteiger charge is -2.22. The number of aryl methyl sites for hydroxylation is 1. The molecule has 0 radical (unpaired) electrons. The number of hydrogen-bond acceptors (Lipinski definition) is 15. The Morgan fingerprint density at radius 3 is 1.99 bits per heavy atom. The van der Waals surface area contributed by atoms with Gasteiger partial charge in [-0.1, -0.05) is 81.1 Å². The van der Waals surface area contributed by atoms with E-state index in [-0.39, 0.29) is 114 Å². The standard InChI is InChI=1S/C54H80N8O14S/c1-36(2)50(53(71)59-35-48(67)60-39-17-15-37(3)16-18-39)62-47(66)21-19-40-43(63)33-44(51(40)69)77-31-30-76-29-28-75-27-26-74-25-24-57-52(70)42(32-38-12-8-7-9-13-38)61-49(68)34-58-45(64)14-10-5-4-6-11-23-56-46(65)22-20-41(55)54(72)73/h7-9,12-13,15-18,36,40-42,44,50H,4-6,10-11,14,19-35,55H2,1-3H3,(H,56,65)(H,57,70)(H,58,64)(H,59,71)(H,60,67)(H,61,68)(H,62,66)(H,72,73)/t40?,41?,42-,44?,50-/m0/s1. The highest BCUT2D eigenvalue weighted by Gasteiger charge is 2.41. The summed E-state index contributed by atoms with van der Waals surface area (Å²) in [6, 6.07) is 13.5. The van der Waals surface area contributed by atoms with Crippen LogP contribution in [0.1, 0.15) is 95.6 Å². The van der Waals surface area contributed by atoms with E-state index in [0.29, 0.717) is 44.2 Å². The summed E-state index contributed by atoms with van der Waals surface area (Å²) in [5.41, 5.74) is 7.88. The number of aliphatic carboxylic acids is 1. The van der Waals surface area contributed by atoms with Gasteiger partial charge in [-0.3, -0.25) is 47.9 Å². The fourth-order valence-electron chi connectivity index (χ4n) is 7.83. The van der Waals surface area contributed by atoms with Crippen molar-refractivity contribution < 1.29 is 67.3 Å². The van der Waals surface area contributed by atoms with Crippen LogP contribution in [-0.2, 0) is 68.6 Å². The minimum absolute atomic E-state index is 0.0369. The summed E-state index contributed by atoms with van der Waals surface area (Å²) in [6.45, 7) is 7.17. The highest BCUT2D eigenvalue weighted by atomic mass is 32.2. The van der Waals surface area contributed by atoms with Gasteiger partial charge in [0.1, 0.15) is 23.9 Å². The van der Waals surface area contributed by atoms with Crippen LogP contribution >= 0.6 is 11.8 Å². The van der Waals surface area contributed by atoms with Gasteiger partial charge in [-0.2, -0.15) is 0 Å². The number of carboxylic acids is 1. The molecule has 10 N–H and O–H groups in total. The molecule has 2 aromatic carbocycles. The van der Waals surface area contributed by atoms with Gasteiger partial charge in [0.05, 0.1) is 63.9 Å². The lowest BCUT2D eigenvalue weighted by molar-refractivity contribution is -0.139. The van der Waals surface area contributed by atoms with E-state index in [1.54, 1.807) is 26.0 Å². The molecule has 0 aromatic heterocycles. The van der Waals surface area contributed by atoms with Crippen LogP contribution in [0, 0.1) is 18.8 Å². The molecule has 1 aliphatic rings. The van der Waals surface area contributed by atoms with Gasteiger partial charge < -0.3 is 62.3 Å². The number of unbranched alkanes of at least 4 members (excludes halogenated alkanes) is 4. The molecule has 0 bridgehead atoms. The van der Waals surface area contributed by atoms with Crippen LogP contribution in [0.3, 0.4) is 0 Å². The molecular formula is C54H80N8O14S. The van der Waals surface area contributed by atoms with Crippen LogP contribution in [0.15, 0.2) is 54.6 Å². The van der Waals surface area contributed by atoms with Crippen molar-refractivity contribution in [2.75, 3.05) is 76.9 Å². The third-order valence-electron chi connectivity index (χ3n) is 12.2. The van der Waals surface area contributed by atoms with Crippen molar-refractivity contribution >= 4 is 76.3 Å². The Hall–Kier alpha value is -6.27. The average Bonchev–Trinajstić information content (AvgIpc) is 3.68. The van der Waals surface area contributed by atoms with Crippen molar-refractivity contribution in [1.82, 2.24) is 31.9 Å². The van der Waals surface area contributed by atoms with Crippen LogP contribution < -0.4 is 43.0 Å². The van der Waals surface area contributed by atoms with Crippen molar-refractivity contribution in [3.05, 3.63) is 65.7 Å². The minimum Gasteiger partial charge on any atom is -0.480 e. The number of anilines is 1. The number of benzene rings is 2. The molecule has 77 heavy (non-hydrogen) atoms. The van der Waals surface area contributed by atoms with Gasteiger partial charge in [0.15, 0.2) is 5.78 Å². The molecule has 5 atom stereocenters. The van der Waals surface area contributed by atoms with Crippen molar-refractivity contribution in [1.29, 1.82) is 0 Å². The highest BCUT2D eigenvalue weighted by Crippen LogP contribution is 2.31. The smallest absolute Gasteiger partial charge is 0.320 e. The monoisotopic (exact) mass is 1100 g/mol. The van der Waals surface area contributed by atoms with Gasteiger partial charge >= 0.3 is 5.97 Å². The van der Waals surface area contributed by atoms with E-state index in [4.69, 9.17) is 25.1 Å². The summed E-state index contributed by atoms with van der Waals surface area (Å²) in [5.74, 6) is -5.15. The van der Waals surface area contributed by atoms with Crippen molar-refractivity contribution in [3.8, 4) is 0 Å². The Morgan fingerprint density at radius 1 is 0.662 bits per heavy atom. The number of carboxylic acid groups (broad SMARTS) is 1. The number of carbonyl (C=O) groups is 10. The summed E-state index contributed by atoms with van der Waals surface area (Å²) in [7, 11) is 0. The first-order chi connectivity index (χ1) is 36.9. The molecule has 22 nitrogen and oxygen atoms in total. The number of ether oxygens (including phenoxy) is 3. The molecule has 3 rings (SSSR count). The second-order valence-electron chi connectivity index (χ2n) is 19.0. The summed E-state index contributed by atoms with van der Waals surface area (Å²) in [4.78, 5) is 125. The minimum atomic E-state index is -1.14. The number of nitrogens with one attached hydrogen (secondary N) is 7. The lowest BCUT2D eigenvalue weighted by atomic mass is 9.98. The number of ketones is 2. The lowest BCUT2D eigenvalue weighted by Crippen LogP contribution is -2.51. The van der Waals surface area contributed by atoms with Crippen molar-refractivity contribution in [2.45, 2.75) is 121 Å². The first kappa shape index (κ1) is 65.0. The molecule has 7 amide bonds. The quantitative estimate of drug-likeness (QED) is 0.0340. The Balaban J connectivity index is 1.20. The normalized spacial score (nSPS) is 15.2. The zero-order chi connectivity index (χ0) is 56.4. The van der Waals surface area contributed by atoms with Crippen molar-refractivity contribution in [3.63, 3.8) is 0 Å². The second-order valence-corrected chi connectivity index (χ2v) is 20.3. The molecule has 0 heterocycles. The van der Waals surface area contributed by atoms with Gasteiger partial charge in [-0.15, -0.1) is 11.8 Å². The highest BCUT2D eigenvalue weighted by molar-refractivity contribution is 8.00. The van der Waals surface area contributed by atoms with Crippen LogP contribution in [0.5, 0.6) is 0 Å². The zero-order valence-electron chi connectivity index (χ0n) is 44.7. The summed E-state index contributed by atoms with van der Waals surface area (Å²) >= 11 is 1.33. The average molecular weight is 1100 g/mol. The Kier molecular flexibility index (Phi) is 31.7. The number of carbonyl (C=O) groups excluding carboxylic acids is 9. The topological polar surface area (TPSA) is 329 Å². The third kappa shape index (κ3) is 28.1. The summed E-state index contributed by atoms with van der Waals surface area (Å²) in [6.07, 6.45) is 4.44. The molecular weight excluding hydrogens is 1020 g/mol. The van der Waals surface area contributed by atoms with Crippen LogP contribution in [0.25, 0.3) is 0 Å². The zero-order valence-corrected chi connectivity index (χ0v) is 45.5. The molecule has 0 saturated heterocycles. The van der Waals surface area contributed by atoms with Crippen LogP contribution in [0.2, 0.25) is 0 Å². The fraction of sp³-hybridized carbons (Fsp3) is 0.593. The van der Waals surface area contributed by atoms with Gasteiger partial charge in [-0.05, 0) is 56.2 Å². The number of nitrogens with two attached hydrogens (primary N) is 1. The van der Waals surface area contributed by atoms with E-state index in [2.05, 4.69) is 37.2 Å². The first-order valence-corrected chi connectivity index (χ1v) is 27.5. The SMILES string of the molecule is Cc1ccc(NC(=O)CNC(=O)[C@@H](NC(=O)CCC2C(=O)CC(SCCOCCOCCOCCNC(=O)[C@H](Cc3ccccc3)NC(=O)CNC(=O)CCCCCCCNC(=O)CCC(N)C(=O)O)C2=O)C(C)C)cc1. The van der Waals surface area contributed by atoms with E-state index >= 15 is 0 Å². The Bertz CT molecular complexity index is 2200. The molecule has 1 aliphatic carbocycles. The largest absolute Gasteiger partial charge is 0.480 e. The molecule has 1 saturated carbocycles. The molecule has 2 aromatic rings. The number of Topliss-reactive ketones (excluding diaryl/α,β-unsaturated/α-hetero) is 2. The Labute approximate surface area is 455 Å². The maximum absolute atomic E-state index is 13.2. The number of rotatable bonds is 40. The Morgan fingerprint density at radius 2 is 1.30 bits per heavy atom. The third-order valence-corrected chi connectivity index (χ3v) is 13.4. The molecule has 3 unspecified atom stereocenters. The molecule has 1 fully saturated rings. The van der Waals surface area contributed by atoms with Crippen LogP contribution in [-0.4, -0.2) is 159 Å². The molecule has 23 heteroatoms. The summed E-state index contributed by atoms with van der Waals surface area (Å²) in [5, 5.41) is 27.1. The first-order valence-electron chi connectivity index (χ1n) is 26.4. The maximum Gasteiger partial charge on any atom is 0.320 e. The van der Waals surface area contributed by atoms with E-state index < -0.39 is 64.8 Å². The number of amides is 7. The van der Waals surface area contributed by atoms with Gasteiger partial charge in [0.2, 0.25) is 41.4 Å². The van der Waals surface area contributed by atoms with Crippen LogP contribution in [0.4, 0.5) is 5.69 Å². The fourth-order valence-corrected chi connectivity index (χ4v) is 8.94. The predicted molar refractivity (Wildman–Crippen MR) is 289 cm³/mol. The van der Waals surface area contributed by atoms with Gasteiger partial charge in [0, 0.05) is 56.6 Å². The maximum atomic E-state index is 13.2. The predicted octanol–water partition coefficient (Wildman–Crippen LogP) is 1.89. The van der Waals surface area contributed by atoms with E-state index in [9.17, 15) is 47.9 Å². The number of hydrogen-bond donors (Lipinski definition) is 9. The molecule has 0 spiro atoms. The van der Waals surface area contributed by atoms with E-state index in [0.717, 1.165) is 36.8 Å². The van der Waals surface area contributed by atoms with E-state index in [1.807, 2.05) is 49.4 Å². The van der Waals surface area contributed by atoms with E-state index in [1.165, 1.54) is 11.8 Å².